The predicted octanol–water partition coefficient (Wildman–Crippen LogP) is 4.78. The molecular formula is C23H26N4OS. The van der Waals surface area contributed by atoms with E-state index in [1.54, 1.807) is 0 Å². The standard InChI is InChI=1S/C23H26N4OS/c1-16-9-8-10-18(15-16)21-25-26-23(27(21)20-13-4-3-5-14-20)29-17(2)22(28)24-19-11-6-7-12-19/h3-5,8-10,13-15,17,19H,6-7,11-12H2,1-2H3,(H,24,28). The summed E-state index contributed by atoms with van der Waals surface area (Å²) in [5.74, 6) is 0.854. The lowest BCUT2D eigenvalue weighted by molar-refractivity contribution is -0.120. The Morgan fingerprint density at radius 3 is 2.59 bits per heavy atom. The molecule has 1 aromatic heterocycles. The second kappa shape index (κ2) is 8.82. The highest BCUT2D eigenvalue weighted by Gasteiger charge is 2.24. The van der Waals surface area contributed by atoms with Crippen molar-refractivity contribution < 1.29 is 4.79 Å². The maximum Gasteiger partial charge on any atom is 0.233 e. The molecule has 1 atom stereocenters. The maximum atomic E-state index is 12.7. The van der Waals surface area contributed by atoms with Crippen LogP contribution in [-0.2, 0) is 4.79 Å². The number of carbonyl (C=O) groups excluding carboxylic acids is 1. The van der Waals surface area contributed by atoms with E-state index in [4.69, 9.17) is 0 Å². The monoisotopic (exact) mass is 406 g/mol. The molecule has 29 heavy (non-hydrogen) atoms. The number of aromatic nitrogens is 3. The molecule has 1 N–H and O–H groups in total. The molecule has 5 nitrogen and oxygen atoms in total. The van der Waals surface area contributed by atoms with E-state index in [-0.39, 0.29) is 11.2 Å². The quantitative estimate of drug-likeness (QED) is 0.599. The van der Waals surface area contributed by atoms with Crippen LogP contribution in [0.15, 0.2) is 59.8 Å². The number of benzene rings is 2. The molecule has 1 heterocycles. The zero-order valence-corrected chi connectivity index (χ0v) is 17.7. The molecule has 0 radical (unpaired) electrons. The zero-order valence-electron chi connectivity index (χ0n) is 16.8. The Bertz CT molecular complexity index is 980. The van der Waals surface area contributed by atoms with E-state index in [2.05, 4.69) is 34.6 Å². The fraction of sp³-hybridized carbons (Fsp3) is 0.348. The Kier molecular flexibility index (Phi) is 6.00. The van der Waals surface area contributed by atoms with Crippen LogP contribution in [0.4, 0.5) is 0 Å². The summed E-state index contributed by atoms with van der Waals surface area (Å²) < 4.78 is 2.04. The van der Waals surface area contributed by atoms with Crippen LogP contribution in [-0.4, -0.2) is 32.0 Å². The lowest BCUT2D eigenvalue weighted by Crippen LogP contribution is -2.37. The van der Waals surface area contributed by atoms with Gasteiger partial charge in [-0.1, -0.05) is 66.6 Å². The van der Waals surface area contributed by atoms with Gasteiger partial charge in [0.15, 0.2) is 11.0 Å². The molecule has 1 unspecified atom stereocenters. The molecule has 0 saturated heterocycles. The van der Waals surface area contributed by atoms with E-state index in [0.29, 0.717) is 6.04 Å². The van der Waals surface area contributed by atoms with Crippen molar-refractivity contribution in [2.24, 2.45) is 0 Å². The van der Waals surface area contributed by atoms with Crippen molar-refractivity contribution >= 4 is 17.7 Å². The van der Waals surface area contributed by atoms with Crippen LogP contribution in [0.2, 0.25) is 0 Å². The van der Waals surface area contributed by atoms with E-state index in [0.717, 1.165) is 35.1 Å². The van der Waals surface area contributed by atoms with Gasteiger partial charge in [0, 0.05) is 17.3 Å². The lowest BCUT2D eigenvalue weighted by atomic mass is 10.1. The van der Waals surface area contributed by atoms with Gasteiger partial charge in [0.2, 0.25) is 5.91 Å². The summed E-state index contributed by atoms with van der Waals surface area (Å²) in [6.07, 6.45) is 4.57. The van der Waals surface area contributed by atoms with Gasteiger partial charge in [-0.2, -0.15) is 0 Å². The van der Waals surface area contributed by atoms with Gasteiger partial charge < -0.3 is 5.32 Å². The van der Waals surface area contributed by atoms with Gasteiger partial charge in [0.05, 0.1) is 5.25 Å². The Labute approximate surface area is 175 Å². The number of nitrogens with one attached hydrogen (secondary N) is 1. The minimum Gasteiger partial charge on any atom is -0.352 e. The molecule has 0 bridgehead atoms. The van der Waals surface area contributed by atoms with Crippen molar-refractivity contribution in [3.63, 3.8) is 0 Å². The second-order valence-corrected chi connectivity index (χ2v) is 8.90. The summed E-state index contributed by atoms with van der Waals surface area (Å²) in [7, 11) is 0. The van der Waals surface area contributed by atoms with Gasteiger partial charge in [-0.15, -0.1) is 10.2 Å². The van der Waals surface area contributed by atoms with E-state index in [1.807, 2.05) is 54.0 Å². The van der Waals surface area contributed by atoms with E-state index < -0.39 is 0 Å². The summed E-state index contributed by atoms with van der Waals surface area (Å²) in [4.78, 5) is 12.7. The third-order valence-corrected chi connectivity index (χ3v) is 6.32. The first kappa shape index (κ1) is 19.7. The number of aryl methyl sites for hydroxylation is 1. The molecule has 0 aliphatic heterocycles. The SMILES string of the molecule is Cc1cccc(-c2nnc(SC(C)C(=O)NC3CCCC3)n2-c2ccccc2)c1. The summed E-state index contributed by atoms with van der Waals surface area (Å²) >= 11 is 1.45. The van der Waals surface area contributed by atoms with Crippen LogP contribution < -0.4 is 5.32 Å². The van der Waals surface area contributed by atoms with Crippen molar-refractivity contribution in [2.75, 3.05) is 0 Å². The number of carbonyl (C=O) groups is 1. The van der Waals surface area contributed by atoms with Crippen LogP contribution in [0.1, 0.15) is 38.2 Å². The molecule has 1 saturated carbocycles. The average Bonchev–Trinajstić information content (AvgIpc) is 3.38. The molecule has 4 rings (SSSR count). The third kappa shape index (κ3) is 4.53. The Morgan fingerprint density at radius 2 is 1.86 bits per heavy atom. The zero-order chi connectivity index (χ0) is 20.2. The first-order valence-corrected chi connectivity index (χ1v) is 11.0. The number of thioether (sulfide) groups is 1. The molecule has 1 aliphatic rings. The highest BCUT2D eigenvalue weighted by atomic mass is 32.2. The van der Waals surface area contributed by atoms with E-state index in [1.165, 1.54) is 30.2 Å². The number of hydrogen-bond donors (Lipinski definition) is 1. The first-order chi connectivity index (χ1) is 14.1. The third-order valence-electron chi connectivity index (χ3n) is 5.28. The largest absolute Gasteiger partial charge is 0.352 e. The first-order valence-electron chi connectivity index (χ1n) is 10.2. The van der Waals surface area contributed by atoms with Crippen LogP contribution in [0, 0.1) is 6.92 Å². The topological polar surface area (TPSA) is 59.8 Å². The fourth-order valence-electron chi connectivity index (χ4n) is 3.73. The Hall–Kier alpha value is -2.60. The minimum absolute atomic E-state index is 0.0709. The van der Waals surface area contributed by atoms with Gasteiger partial charge in [-0.05, 0) is 44.9 Å². The molecule has 1 fully saturated rings. The Balaban J connectivity index is 1.63. The molecule has 6 heteroatoms. The van der Waals surface area contributed by atoms with Crippen LogP contribution in [0.25, 0.3) is 17.1 Å². The van der Waals surface area contributed by atoms with Crippen LogP contribution in [0.3, 0.4) is 0 Å². The summed E-state index contributed by atoms with van der Waals surface area (Å²) in [5, 5.41) is 12.6. The summed E-state index contributed by atoms with van der Waals surface area (Å²) in [6, 6.07) is 18.6. The van der Waals surface area contributed by atoms with Crippen molar-refractivity contribution in [1.29, 1.82) is 0 Å². The molecule has 1 amide bonds. The molecule has 150 valence electrons. The maximum absolute atomic E-state index is 12.7. The average molecular weight is 407 g/mol. The molecule has 2 aromatic carbocycles. The highest BCUT2D eigenvalue weighted by Crippen LogP contribution is 2.30. The van der Waals surface area contributed by atoms with Crippen LogP contribution >= 0.6 is 11.8 Å². The number of rotatable bonds is 6. The van der Waals surface area contributed by atoms with Crippen molar-refractivity contribution in [2.45, 2.75) is 56.0 Å². The van der Waals surface area contributed by atoms with E-state index >= 15 is 0 Å². The van der Waals surface area contributed by atoms with E-state index in [9.17, 15) is 4.79 Å². The lowest BCUT2D eigenvalue weighted by Gasteiger charge is -2.17. The van der Waals surface area contributed by atoms with Gasteiger partial charge >= 0.3 is 0 Å². The predicted molar refractivity (Wildman–Crippen MR) is 117 cm³/mol. The van der Waals surface area contributed by atoms with Crippen molar-refractivity contribution in [3.05, 3.63) is 60.2 Å². The van der Waals surface area contributed by atoms with Crippen molar-refractivity contribution in [1.82, 2.24) is 20.1 Å². The normalized spacial score (nSPS) is 15.4. The molecule has 0 spiro atoms. The van der Waals surface area contributed by atoms with Gasteiger partial charge in [0.25, 0.3) is 0 Å². The van der Waals surface area contributed by atoms with Gasteiger partial charge in [0.1, 0.15) is 0 Å². The number of hydrogen-bond acceptors (Lipinski definition) is 4. The smallest absolute Gasteiger partial charge is 0.233 e. The summed E-state index contributed by atoms with van der Waals surface area (Å²) in [6.45, 7) is 4.00. The van der Waals surface area contributed by atoms with Gasteiger partial charge in [-0.25, -0.2) is 0 Å². The van der Waals surface area contributed by atoms with Crippen molar-refractivity contribution in [3.8, 4) is 17.1 Å². The Morgan fingerprint density at radius 1 is 1.10 bits per heavy atom. The van der Waals surface area contributed by atoms with Gasteiger partial charge in [-0.3, -0.25) is 9.36 Å². The number of para-hydroxylation sites is 1. The summed E-state index contributed by atoms with van der Waals surface area (Å²) in [5.41, 5.74) is 3.17. The molecule has 1 aliphatic carbocycles. The second-order valence-electron chi connectivity index (χ2n) is 7.60. The highest BCUT2D eigenvalue weighted by molar-refractivity contribution is 8.00. The number of nitrogens with zero attached hydrogens (tertiary/aromatic N) is 3. The van der Waals surface area contributed by atoms with Crippen LogP contribution in [0.5, 0.6) is 0 Å². The molecular weight excluding hydrogens is 380 g/mol. The fourth-order valence-corrected chi connectivity index (χ4v) is 4.60. The minimum atomic E-state index is -0.243. The molecule has 3 aromatic rings. The number of amides is 1.